The third-order valence-electron chi connectivity index (χ3n) is 5.75. The molecule has 1 amide bonds. The maximum absolute atomic E-state index is 12.5. The quantitative estimate of drug-likeness (QED) is 0.307. The molecule has 184 valence electrons. The number of carbonyl (C=O) groups is 2. The molecule has 2 heterocycles. The van der Waals surface area contributed by atoms with Gasteiger partial charge in [-0.3, -0.25) is 10.1 Å². The molecule has 1 aliphatic heterocycles. The van der Waals surface area contributed by atoms with Gasteiger partial charge in [0, 0.05) is 36.8 Å². The average Bonchev–Trinajstić information content (AvgIpc) is 2.86. The van der Waals surface area contributed by atoms with Crippen molar-refractivity contribution in [3.8, 4) is 0 Å². The predicted molar refractivity (Wildman–Crippen MR) is 125 cm³/mol. The normalized spacial score (nSPS) is 14.0. The van der Waals surface area contributed by atoms with Gasteiger partial charge in [-0.1, -0.05) is 36.4 Å². The molecule has 0 saturated carbocycles. The summed E-state index contributed by atoms with van der Waals surface area (Å²) in [7, 11) is 0. The molecule has 0 aliphatic carbocycles. The zero-order chi connectivity index (χ0) is 24.8. The highest BCUT2D eigenvalue weighted by atomic mass is 16.6. The molecule has 11 heteroatoms. The molecule has 1 fully saturated rings. The number of nitrogens with one attached hydrogen (secondary N) is 1. The fourth-order valence-electron chi connectivity index (χ4n) is 3.85. The van der Waals surface area contributed by atoms with Crippen LogP contribution in [0, 0.1) is 17.3 Å². The summed E-state index contributed by atoms with van der Waals surface area (Å²) >= 11 is 0. The Morgan fingerprint density at radius 3 is 2.60 bits per heavy atom. The lowest BCUT2D eigenvalue weighted by Crippen LogP contribution is -2.44. The predicted octanol–water partition coefficient (Wildman–Crippen LogP) is 1.96. The van der Waals surface area contributed by atoms with E-state index in [-0.39, 0.29) is 48.8 Å². The standard InChI is InChI=1S/C24H27N5O6/c1-17-7-8-20-21(15-17)29(33)26-23(28(20)32)25-12-9-22(30)35-19-10-13-27(14-11-19)24(31)34-16-18-5-3-2-4-6-18/h2-8,15,19H,9-14,16H2,1H3,(H,25,26). The van der Waals surface area contributed by atoms with Crippen LogP contribution in [0.3, 0.4) is 0 Å². The number of fused-ring (bicyclic) bond motifs is 1. The topological polar surface area (TPSA) is 135 Å². The third kappa shape index (κ3) is 6.05. The van der Waals surface area contributed by atoms with Crippen molar-refractivity contribution in [3.63, 3.8) is 0 Å². The number of esters is 1. The Morgan fingerprint density at radius 2 is 1.86 bits per heavy atom. The van der Waals surface area contributed by atoms with E-state index in [9.17, 15) is 20.0 Å². The average molecular weight is 482 g/mol. The first-order valence-electron chi connectivity index (χ1n) is 11.4. The van der Waals surface area contributed by atoms with Gasteiger partial charge in [0.25, 0.3) is 5.52 Å². The van der Waals surface area contributed by atoms with E-state index in [0.29, 0.717) is 35.5 Å². The molecular formula is C24H27N5O6. The first-order chi connectivity index (χ1) is 16.9. The van der Waals surface area contributed by atoms with Crippen LogP contribution in [0.15, 0.2) is 48.5 Å². The van der Waals surface area contributed by atoms with Crippen LogP contribution in [-0.4, -0.2) is 47.8 Å². The van der Waals surface area contributed by atoms with Gasteiger partial charge in [-0.2, -0.15) is 0 Å². The largest absolute Gasteiger partial charge is 0.739 e. The molecule has 0 spiro atoms. The summed E-state index contributed by atoms with van der Waals surface area (Å²) < 4.78 is 11.4. The van der Waals surface area contributed by atoms with Gasteiger partial charge in [0.05, 0.1) is 13.0 Å². The van der Waals surface area contributed by atoms with E-state index < -0.39 is 5.97 Å². The molecule has 0 unspecified atom stereocenters. The Morgan fingerprint density at radius 1 is 1.11 bits per heavy atom. The maximum Gasteiger partial charge on any atom is 0.460 e. The Hall–Kier alpha value is -4.15. The minimum atomic E-state index is -0.438. The van der Waals surface area contributed by atoms with Crippen molar-refractivity contribution in [1.29, 1.82) is 0 Å². The summed E-state index contributed by atoms with van der Waals surface area (Å²) in [6, 6.07) is 14.3. The van der Waals surface area contributed by atoms with Crippen molar-refractivity contribution in [2.45, 2.75) is 38.9 Å². The van der Waals surface area contributed by atoms with Crippen molar-refractivity contribution in [2.24, 2.45) is 0 Å². The number of ether oxygens (including phenoxy) is 2. The first-order valence-corrected chi connectivity index (χ1v) is 11.4. The zero-order valence-corrected chi connectivity index (χ0v) is 19.4. The van der Waals surface area contributed by atoms with E-state index >= 15 is 0 Å². The number of hydrogen-bond acceptors (Lipinski definition) is 8. The number of carbonyl (C=O) groups excluding carboxylic acids is 2. The molecule has 1 aromatic heterocycles. The summed E-state index contributed by atoms with van der Waals surface area (Å²) in [5.41, 5.74) is 2.10. The summed E-state index contributed by atoms with van der Waals surface area (Å²) in [6.45, 7) is 2.97. The maximum atomic E-state index is 12.5. The van der Waals surface area contributed by atoms with Crippen LogP contribution in [0.4, 0.5) is 10.7 Å². The molecule has 1 N–H and O–H groups in total. The second-order valence-electron chi connectivity index (χ2n) is 8.38. The minimum Gasteiger partial charge on any atom is -0.739 e. The Bertz CT molecular complexity index is 1200. The highest BCUT2D eigenvalue weighted by molar-refractivity contribution is 5.71. The minimum absolute atomic E-state index is 0.00813. The van der Waals surface area contributed by atoms with E-state index in [4.69, 9.17) is 9.47 Å². The Labute approximate surface area is 202 Å². The number of aryl methyl sites for hydroxylation is 1. The van der Waals surface area contributed by atoms with Crippen LogP contribution in [-0.2, 0) is 20.9 Å². The molecule has 35 heavy (non-hydrogen) atoms. The van der Waals surface area contributed by atoms with Gasteiger partial charge in [-0.25, -0.2) is 9.52 Å². The molecule has 0 atom stereocenters. The highest BCUT2D eigenvalue weighted by Crippen LogP contribution is 2.16. The van der Waals surface area contributed by atoms with Gasteiger partial charge < -0.3 is 24.8 Å². The van der Waals surface area contributed by atoms with Gasteiger partial charge >= 0.3 is 18.0 Å². The van der Waals surface area contributed by atoms with Crippen molar-refractivity contribution in [2.75, 3.05) is 25.0 Å². The Kier molecular flexibility index (Phi) is 7.44. The molecule has 1 saturated heterocycles. The molecule has 0 radical (unpaired) electrons. The van der Waals surface area contributed by atoms with E-state index in [0.717, 1.165) is 11.1 Å². The molecule has 0 bridgehead atoms. The van der Waals surface area contributed by atoms with Crippen LogP contribution in [0.1, 0.15) is 30.4 Å². The van der Waals surface area contributed by atoms with Crippen LogP contribution in [0.5, 0.6) is 0 Å². The molecule has 11 nitrogen and oxygen atoms in total. The fraction of sp³-hybridized carbons (Fsp3) is 0.375. The molecule has 3 aromatic rings. The van der Waals surface area contributed by atoms with Crippen LogP contribution in [0.25, 0.3) is 11.0 Å². The van der Waals surface area contributed by atoms with Gasteiger partial charge in [-0.05, 0) is 24.1 Å². The van der Waals surface area contributed by atoms with E-state index in [1.165, 1.54) is 0 Å². The van der Waals surface area contributed by atoms with Gasteiger partial charge in [0.1, 0.15) is 12.7 Å². The fourth-order valence-corrected chi connectivity index (χ4v) is 3.85. The number of rotatable bonds is 7. The second kappa shape index (κ2) is 10.9. The third-order valence-corrected chi connectivity index (χ3v) is 5.75. The molecule has 2 aromatic carbocycles. The lowest BCUT2D eigenvalue weighted by atomic mass is 10.1. The van der Waals surface area contributed by atoms with Crippen molar-refractivity contribution < 1.29 is 28.6 Å². The SMILES string of the molecule is Cc1ccc2c(c1)[n+]([O-])nc(NCCC(=O)OC1CCN(C(=O)OCc3ccccc3)CC1)[n+]2[O-]. The number of benzene rings is 2. The van der Waals surface area contributed by atoms with Crippen LogP contribution >= 0.6 is 0 Å². The molecule has 4 rings (SSSR count). The number of likely N-dealkylation sites (tertiary alicyclic amines) is 1. The van der Waals surface area contributed by atoms with Gasteiger partial charge in [-0.15, -0.1) is 0 Å². The number of anilines is 1. The van der Waals surface area contributed by atoms with E-state index in [1.54, 1.807) is 23.1 Å². The van der Waals surface area contributed by atoms with Crippen LogP contribution < -0.4 is 14.9 Å². The molecule has 1 aliphatic rings. The summed E-state index contributed by atoms with van der Waals surface area (Å²) in [5, 5.41) is 31.1. The summed E-state index contributed by atoms with van der Waals surface area (Å²) in [5.74, 6) is -0.627. The lowest BCUT2D eigenvalue weighted by molar-refractivity contribution is -0.672. The number of aromatic nitrogens is 3. The van der Waals surface area contributed by atoms with E-state index in [2.05, 4.69) is 10.4 Å². The van der Waals surface area contributed by atoms with Gasteiger partial charge in [0.15, 0.2) is 5.52 Å². The number of amides is 1. The lowest BCUT2D eigenvalue weighted by Gasteiger charge is -2.31. The Balaban J connectivity index is 1.19. The number of piperidine rings is 1. The first kappa shape index (κ1) is 24.0. The highest BCUT2D eigenvalue weighted by Gasteiger charge is 2.26. The van der Waals surface area contributed by atoms with Crippen molar-refractivity contribution >= 4 is 29.0 Å². The van der Waals surface area contributed by atoms with Gasteiger partial charge in [0.2, 0.25) is 5.10 Å². The number of hydrogen-bond donors (Lipinski definition) is 1. The zero-order valence-electron chi connectivity index (χ0n) is 19.4. The monoisotopic (exact) mass is 481 g/mol. The summed E-state index contributed by atoms with van der Waals surface area (Å²) in [4.78, 5) is 26.5. The van der Waals surface area contributed by atoms with Crippen molar-refractivity contribution in [3.05, 3.63) is 70.1 Å². The van der Waals surface area contributed by atoms with E-state index in [1.807, 2.05) is 37.3 Å². The smallest absolute Gasteiger partial charge is 0.460 e. The van der Waals surface area contributed by atoms with Crippen LogP contribution in [0.2, 0.25) is 0 Å². The number of nitrogens with zero attached hydrogens (tertiary/aromatic N) is 4. The summed E-state index contributed by atoms with van der Waals surface area (Å²) in [6.07, 6.45) is 0.342. The molecular weight excluding hydrogens is 454 g/mol. The van der Waals surface area contributed by atoms with Crippen molar-refractivity contribution in [1.82, 2.24) is 10.00 Å². The second-order valence-corrected chi connectivity index (χ2v) is 8.38.